The third kappa shape index (κ3) is 3.57. The van der Waals surface area contributed by atoms with Crippen LogP contribution in [0.15, 0.2) is 54.7 Å². The number of carbonyl (C=O) groups excluding carboxylic acids is 1. The highest BCUT2D eigenvalue weighted by Gasteiger charge is 2.15. The van der Waals surface area contributed by atoms with Crippen LogP contribution in [0.4, 0.5) is 8.78 Å². The van der Waals surface area contributed by atoms with Crippen molar-refractivity contribution in [3.05, 3.63) is 83.2 Å². The van der Waals surface area contributed by atoms with Crippen molar-refractivity contribution in [1.29, 1.82) is 0 Å². The van der Waals surface area contributed by atoms with E-state index in [0.717, 1.165) is 17.4 Å². The first-order chi connectivity index (χ1) is 12.0. The summed E-state index contributed by atoms with van der Waals surface area (Å²) in [6.07, 6.45) is 1.70. The Bertz CT molecular complexity index is 903. The molecule has 0 aliphatic rings. The van der Waals surface area contributed by atoms with Gasteiger partial charge in [0, 0.05) is 29.1 Å². The van der Waals surface area contributed by atoms with Crippen LogP contribution < -0.4 is 5.32 Å². The minimum absolute atomic E-state index is 0.235. The molecule has 0 spiro atoms. The molecule has 0 aliphatic heterocycles. The summed E-state index contributed by atoms with van der Waals surface area (Å²) in [7, 11) is 0. The molecule has 0 saturated carbocycles. The first kappa shape index (κ1) is 16.8. The maximum atomic E-state index is 13.8. The average molecular weight is 341 g/mol. The summed E-state index contributed by atoms with van der Waals surface area (Å²) in [6.45, 7) is 3.59. The van der Waals surface area contributed by atoms with Crippen molar-refractivity contribution >= 4 is 5.91 Å². The number of nitrogens with one attached hydrogen (secondary N) is 1. The number of carbonyl (C=O) groups is 1. The van der Waals surface area contributed by atoms with E-state index in [1.165, 1.54) is 12.1 Å². The van der Waals surface area contributed by atoms with Crippen LogP contribution >= 0.6 is 0 Å². The molecule has 25 heavy (non-hydrogen) atoms. The van der Waals surface area contributed by atoms with Crippen LogP contribution in [0.2, 0.25) is 0 Å². The Kier molecular flexibility index (Phi) is 4.61. The van der Waals surface area contributed by atoms with Gasteiger partial charge in [0.2, 0.25) is 0 Å². The second-order valence-corrected chi connectivity index (χ2v) is 5.79. The van der Waals surface area contributed by atoms with Crippen LogP contribution in [0, 0.1) is 18.6 Å². The molecule has 2 aromatic carbocycles. The maximum absolute atomic E-state index is 13.8. The summed E-state index contributed by atoms with van der Waals surface area (Å²) in [6, 6.07) is 11.6. The van der Waals surface area contributed by atoms with Crippen LogP contribution in [0.3, 0.4) is 0 Å². The van der Waals surface area contributed by atoms with Crippen molar-refractivity contribution < 1.29 is 13.6 Å². The minimum atomic E-state index is -0.683. The fourth-order valence-electron chi connectivity index (χ4n) is 2.60. The SMILES string of the molecule is Cc1ccnn1-c1ccc(C(=O)N[C@H](C)c2ccc(F)cc2F)cc1. The summed E-state index contributed by atoms with van der Waals surface area (Å²) < 4.78 is 28.5. The van der Waals surface area contributed by atoms with E-state index in [1.54, 1.807) is 42.1 Å². The molecule has 0 radical (unpaired) electrons. The van der Waals surface area contributed by atoms with E-state index >= 15 is 0 Å². The van der Waals surface area contributed by atoms with E-state index < -0.39 is 17.7 Å². The zero-order valence-corrected chi connectivity index (χ0v) is 13.8. The maximum Gasteiger partial charge on any atom is 0.251 e. The van der Waals surface area contributed by atoms with Gasteiger partial charge in [0.25, 0.3) is 5.91 Å². The first-order valence-corrected chi connectivity index (χ1v) is 7.82. The predicted molar refractivity (Wildman–Crippen MR) is 90.5 cm³/mol. The van der Waals surface area contributed by atoms with Crippen molar-refractivity contribution in [2.24, 2.45) is 0 Å². The summed E-state index contributed by atoms with van der Waals surface area (Å²) >= 11 is 0. The third-order valence-electron chi connectivity index (χ3n) is 3.98. The Labute approximate surface area is 144 Å². The van der Waals surface area contributed by atoms with E-state index in [1.807, 2.05) is 13.0 Å². The molecule has 0 bridgehead atoms. The van der Waals surface area contributed by atoms with Crippen molar-refractivity contribution in [2.75, 3.05) is 0 Å². The summed E-state index contributed by atoms with van der Waals surface area (Å²) in [5, 5.41) is 6.92. The van der Waals surface area contributed by atoms with Crippen LogP contribution in [-0.2, 0) is 0 Å². The Morgan fingerprint density at radius 1 is 1.12 bits per heavy atom. The molecule has 0 aliphatic carbocycles. The molecule has 1 N–H and O–H groups in total. The van der Waals surface area contributed by atoms with E-state index in [2.05, 4.69) is 10.4 Å². The fraction of sp³-hybridized carbons (Fsp3) is 0.158. The number of amides is 1. The van der Waals surface area contributed by atoms with Gasteiger partial charge in [-0.2, -0.15) is 5.10 Å². The smallest absolute Gasteiger partial charge is 0.251 e. The molecule has 3 aromatic rings. The number of aryl methyl sites for hydroxylation is 1. The molecular weight excluding hydrogens is 324 g/mol. The largest absolute Gasteiger partial charge is 0.345 e. The lowest BCUT2D eigenvalue weighted by atomic mass is 10.1. The van der Waals surface area contributed by atoms with Gasteiger partial charge in [-0.15, -0.1) is 0 Å². The second kappa shape index (κ2) is 6.84. The Hall–Kier alpha value is -3.02. The number of nitrogens with zero attached hydrogens (tertiary/aromatic N) is 2. The lowest BCUT2D eigenvalue weighted by Gasteiger charge is -2.15. The van der Waals surface area contributed by atoms with Gasteiger partial charge in [0.05, 0.1) is 11.7 Å². The lowest BCUT2D eigenvalue weighted by molar-refractivity contribution is 0.0939. The number of rotatable bonds is 4. The van der Waals surface area contributed by atoms with E-state index in [0.29, 0.717) is 5.56 Å². The van der Waals surface area contributed by atoms with Crippen LogP contribution in [0.1, 0.15) is 34.6 Å². The highest BCUT2D eigenvalue weighted by molar-refractivity contribution is 5.94. The van der Waals surface area contributed by atoms with Gasteiger partial charge < -0.3 is 5.32 Å². The molecule has 0 saturated heterocycles. The number of benzene rings is 2. The van der Waals surface area contributed by atoms with Gasteiger partial charge in [-0.3, -0.25) is 4.79 Å². The lowest BCUT2D eigenvalue weighted by Crippen LogP contribution is -2.27. The molecule has 1 aromatic heterocycles. The summed E-state index contributed by atoms with van der Waals surface area (Å²) in [4.78, 5) is 12.3. The quantitative estimate of drug-likeness (QED) is 0.781. The molecule has 0 fully saturated rings. The molecule has 3 rings (SSSR count). The fourth-order valence-corrected chi connectivity index (χ4v) is 2.60. The van der Waals surface area contributed by atoms with Gasteiger partial charge >= 0.3 is 0 Å². The number of hydrogen-bond donors (Lipinski definition) is 1. The topological polar surface area (TPSA) is 46.9 Å². The zero-order valence-electron chi connectivity index (χ0n) is 13.8. The standard InChI is InChI=1S/C19H17F2N3O/c1-12-9-10-22-24(12)16-6-3-14(4-7-16)19(25)23-13(2)17-8-5-15(20)11-18(17)21/h3-11,13H,1-2H3,(H,23,25)/t13-/m1/s1. The highest BCUT2D eigenvalue weighted by Crippen LogP contribution is 2.18. The van der Waals surface area contributed by atoms with Crippen molar-refractivity contribution in [3.8, 4) is 5.69 Å². The minimum Gasteiger partial charge on any atom is -0.345 e. The normalized spacial score (nSPS) is 12.0. The Morgan fingerprint density at radius 2 is 1.84 bits per heavy atom. The third-order valence-corrected chi connectivity index (χ3v) is 3.98. The zero-order chi connectivity index (χ0) is 18.0. The molecule has 4 nitrogen and oxygen atoms in total. The van der Waals surface area contributed by atoms with Gasteiger partial charge in [0.15, 0.2) is 0 Å². The summed E-state index contributed by atoms with van der Waals surface area (Å²) in [5.74, 6) is -1.67. The van der Waals surface area contributed by atoms with Gasteiger partial charge in [-0.1, -0.05) is 6.07 Å². The Balaban J connectivity index is 1.74. The van der Waals surface area contributed by atoms with Crippen LogP contribution in [0.25, 0.3) is 5.69 Å². The van der Waals surface area contributed by atoms with Crippen molar-refractivity contribution in [3.63, 3.8) is 0 Å². The molecule has 1 atom stereocenters. The van der Waals surface area contributed by atoms with E-state index in [-0.39, 0.29) is 11.5 Å². The van der Waals surface area contributed by atoms with Crippen LogP contribution in [-0.4, -0.2) is 15.7 Å². The first-order valence-electron chi connectivity index (χ1n) is 7.82. The molecule has 1 heterocycles. The van der Waals surface area contributed by atoms with Crippen molar-refractivity contribution in [1.82, 2.24) is 15.1 Å². The summed E-state index contributed by atoms with van der Waals surface area (Å²) in [5.41, 5.74) is 2.51. The monoisotopic (exact) mass is 341 g/mol. The van der Waals surface area contributed by atoms with E-state index in [9.17, 15) is 13.6 Å². The average Bonchev–Trinajstić information content (AvgIpc) is 3.00. The highest BCUT2D eigenvalue weighted by atomic mass is 19.1. The number of aromatic nitrogens is 2. The molecular formula is C19H17F2N3O. The molecule has 6 heteroatoms. The number of halogens is 2. The molecule has 128 valence electrons. The van der Waals surface area contributed by atoms with Gasteiger partial charge in [-0.05, 0) is 50.2 Å². The van der Waals surface area contributed by atoms with Crippen LogP contribution in [0.5, 0.6) is 0 Å². The Morgan fingerprint density at radius 3 is 2.44 bits per heavy atom. The molecule has 1 amide bonds. The van der Waals surface area contributed by atoms with Crippen molar-refractivity contribution in [2.45, 2.75) is 19.9 Å². The number of hydrogen-bond acceptors (Lipinski definition) is 2. The second-order valence-electron chi connectivity index (χ2n) is 5.79. The van der Waals surface area contributed by atoms with Gasteiger partial charge in [0.1, 0.15) is 11.6 Å². The van der Waals surface area contributed by atoms with Gasteiger partial charge in [-0.25, -0.2) is 13.5 Å². The predicted octanol–water partition coefficient (Wildman–Crippen LogP) is 3.95. The van der Waals surface area contributed by atoms with E-state index in [4.69, 9.17) is 0 Å². The molecule has 0 unspecified atom stereocenters.